The number of ether oxygens (including phenoxy) is 2. The van der Waals surface area contributed by atoms with Gasteiger partial charge in [-0.15, -0.1) is 0 Å². The lowest BCUT2D eigenvalue weighted by Crippen LogP contribution is -2.32. The normalized spacial score (nSPS) is 12.0. The zero-order valence-electron chi connectivity index (χ0n) is 21.1. The molecule has 3 rings (SSSR count). The first-order valence-corrected chi connectivity index (χ1v) is 11.4. The van der Waals surface area contributed by atoms with Gasteiger partial charge in [0.05, 0.1) is 18.0 Å². The highest BCUT2D eigenvalue weighted by atomic mass is 19.1. The van der Waals surface area contributed by atoms with Crippen LogP contribution in [-0.4, -0.2) is 41.3 Å². The third-order valence-electron chi connectivity index (χ3n) is 5.39. The Hall–Kier alpha value is -3.46. The van der Waals surface area contributed by atoms with Crippen LogP contribution in [0.25, 0.3) is 22.3 Å². The molecule has 0 aliphatic carbocycles. The minimum Gasteiger partial charge on any atom is -0.494 e. The molecule has 0 aliphatic heterocycles. The molecular formula is C26H33FN4O4. The lowest BCUT2D eigenvalue weighted by molar-refractivity contribution is -0.155. The monoisotopic (exact) mass is 484 g/mol. The second kappa shape index (κ2) is 10.0. The van der Waals surface area contributed by atoms with Crippen LogP contribution in [0.4, 0.5) is 10.1 Å². The number of carbonyl (C=O) groups excluding carboxylic acids is 1. The molecule has 0 fully saturated rings. The molecule has 0 saturated heterocycles. The molecule has 0 saturated carbocycles. The van der Waals surface area contributed by atoms with Gasteiger partial charge < -0.3 is 20.5 Å². The van der Waals surface area contributed by atoms with E-state index in [1.165, 1.54) is 29.9 Å². The number of anilines is 1. The average molecular weight is 485 g/mol. The molecule has 0 atom stereocenters. The van der Waals surface area contributed by atoms with Crippen LogP contribution < -0.4 is 21.3 Å². The van der Waals surface area contributed by atoms with Crippen molar-refractivity contribution >= 4 is 22.6 Å². The summed E-state index contributed by atoms with van der Waals surface area (Å²) < 4.78 is 25.8. The quantitative estimate of drug-likeness (QED) is 0.466. The Kier molecular flexibility index (Phi) is 7.50. The first kappa shape index (κ1) is 26.2. The predicted octanol–water partition coefficient (Wildman–Crippen LogP) is 3.95. The van der Waals surface area contributed by atoms with Crippen LogP contribution in [0.15, 0.2) is 41.2 Å². The molecule has 188 valence electrons. The molecule has 0 radical (unpaired) electrons. The second-order valence-electron chi connectivity index (χ2n) is 10.2. The Morgan fingerprint density at radius 2 is 1.86 bits per heavy atom. The first-order valence-electron chi connectivity index (χ1n) is 11.4. The molecule has 3 N–H and O–H groups in total. The van der Waals surface area contributed by atoms with Gasteiger partial charge in [-0.2, -0.15) is 0 Å². The Morgan fingerprint density at radius 1 is 1.14 bits per heavy atom. The number of aromatic nitrogens is 2. The SMILES string of the molecule is COc1cc(-c2nc3ccc(NCC(C)(C)CN)cc3c(=O)n2CC(=O)OC(C)(C)C)ccc1F. The van der Waals surface area contributed by atoms with E-state index in [0.29, 0.717) is 29.6 Å². The molecule has 0 aliphatic rings. The molecule has 9 heteroatoms. The van der Waals surface area contributed by atoms with Crippen LogP contribution in [0.2, 0.25) is 0 Å². The summed E-state index contributed by atoms with van der Waals surface area (Å²) in [7, 11) is 1.35. The molecule has 0 bridgehead atoms. The van der Waals surface area contributed by atoms with Gasteiger partial charge in [0.25, 0.3) is 5.56 Å². The first-order chi connectivity index (χ1) is 16.3. The number of nitrogens with one attached hydrogen (secondary N) is 1. The number of esters is 1. The summed E-state index contributed by atoms with van der Waals surface area (Å²) in [5.41, 5.74) is 6.15. The fourth-order valence-electron chi connectivity index (χ4n) is 3.41. The number of hydrogen-bond donors (Lipinski definition) is 2. The van der Waals surface area contributed by atoms with E-state index in [9.17, 15) is 14.0 Å². The Morgan fingerprint density at radius 3 is 2.49 bits per heavy atom. The van der Waals surface area contributed by atoms with Gasteiger partial charge in [0.15, 0.2) is 11.6 Å². The summed E-state index contributed by atoms with van der Waals surface area (Å²) in [5.74, 6) is -0.927. The summed E-state index contributed by atoms with van der Waals surface area (Å²) in [6.07, 6.45) is 0. The van der Waals surface area contributed by atoms with E-state index in [1.54, 1.807) is 32.9 Å². The van der Waals surface area contributed by atoms with Crippen molar-refractivity contribution in [2.24, 2.45) is 11.1 Å². The van der Waals surface area contributed by atoms with Gasteiger partial charge >= 0.3 is 5.97 Å². The number of benzene rings is 2. The van der Waals surface area contributed by atoms with E-state index in [0.717, 1.165) is 5.69 Å². The Balaban J connectivity index is 2.15. The van der Waals surface area contributed by atoms with Crippen LogP contribution in [0.5, 0.6) is 5.75 Å². The number of halogens is 1. The highest BCUT2D eigenvalue weighted by Crippen LogP contribution is 2.27. The minimum atomic E-state index is -0.725. The highest BCUT2D eigenvalue weighted by molar-refractivity contribution is 5.84. The number of nitrogens with zero attached hydrogens (tertiary/aromatic N) is 2. The smallest absolute Gasteiger partial charge is 0.326 e. The van der Waals surface area contributed by atoms with Crippen molar-refractivity contribution in [1.29, 1.82) is 0 Å². The third-order valence-corrected chi connectivity index (χ3v) is 5.39. The standard InChI is InChI=1S/C26H33FN4O4/c1-25(2,3)35-22(32)13-31-23(16-7-9-19(27)21(11-16)34-6)30-20-10-8-17(12-18(20)24(31)33)29-15-26(4,5)14-28/h7-12,29H,13-15,28H2,1-6H3. The van der Waals surface area contributed by atoms with Crippen molar-refractivity contribution in [1.82, 2.24) is 9.55 Å². The van der Waals surface area contributed by atoms with E-state index >= 15 is 0 Å². The van der Waals surface area contributed by atoms with Gasteiger partial charge in [-0.1, -0.05) is 13.8 Å². The van der Waals surface area contributed by atoms with Gasteiger partial charge in [-0.25, -0.2) is 9.37 Å². The molecule has 3 aromatic rings. The molecular weight excluding hydrogens is 451 g/mol. The van der Waals surface area contributed by atoms with Crippen LogP contribution in [0, 0.1) is 11.2 Å². The maximum atomic E-state index is 14.0. The van der Waals surface area contributed by atoms with Crippen molar-refractivity contribution < 1.29 is 18.7 Å². The summed E-state index contributed by atoms with van der Waals surface area (Å²) >= 11 is 0. The summed E-state index contributed by atoms with van der Waals surface area (Å²) in [5, 5.41) is 3.64. The maximum Gasteiger partial charge on any atom is 0.326 e. The van der Waals surface area contributed by atoms with E-state index < -0.39 is 22.9 Å². The molecule has 0 unspecified atom stereocenters. The van der Waals surface area contributed by atoms with Crippen LogP contribution in [0.1, 0.15) is 34.6 Å². The van der Waals surface area contributed by atoms with E-state index in [4.69, 9.17) is 15.2 Å². The minimum absolute atomic E-state index is 0.00253. The highest BCUT2D eigenvalue weighted by Gasteiger charge is 2.22. The molecule has 8 nitrogen and oxygen atoms in total. The van der Waals surface area contributed by atoms with E-state index in [-0.39, 0.29) is 23.5 Å². The average Bonchev–Trinajstić information content (AvgIpc) is 2.79. The Bertz CT molecular complexity index is 1290. The van der Waals surface area contributed by atoms with Crippen molar-refractivity contribution in [2.45, 2.75) is 46.8 Å². The number of rotatable bonds is 8. The van der Waals surface area contributed by atoms with Gasteiger partial charge in [0.2, 0.25) is 0 Å². The number of nitrogens with two attached hydrogens (primary N) is 1. The van der Waals surface area contributed by atoms with Crippen LogP contribution in [0.3, 0.4) is 0 Å². The topological polar surface area (TPSA) is 108 Å². The van der Waals surface area contributed by atoms with Gasteiger partial charge in [-0.05, 0) is 69.1 Å². The van der Waals surface area contributed by atoms with Crippen molar-refractivity contribution in [3.05, 3.63) is 52.6 Å². The molecule has 0 spiro atoms. The number of methoxy groups -OCH3 is 1. The summed E-state index contributed by atoms with van der Waals surface area (Å²) in [4.78, 5) is 30.9. The fourth-order valence-corrected chi connectivity index (χ4v) is 3.41. The maximum absolute atomic E-state index is 14.0. The molecule has 2 aromatic carbocycles. The fraction of sp³-hybridized carbons (Fsp3) is 0.423. The Labute approximate surface area is 204 Å². The summed E-state index contributed by atoms with van der Waals surface area (Å²) in [6.45, 7) is 10.1. The van der Waals surface area contributed by atoms with Crippen LogP contribution >= 0.6 is 0 Å². The molecule has 0 amide bonds. The molecule has 35 heavy (non-hydrogen) atoms. The third kappa shape index (κ3) is 6.36. The number of hydrogen-bond acceptors (Lipinski definition) is 7. The van der Waals surface area contributed by atoms with Gasteiger partial charge in [-0.3, -0.25) is 14.2 Å². The van der Waals surface area contributed by atoms with Crippen LogP contribution in [-0.2, 0) is 16.1 Å². The lowest BCUT2D eigenvalue weighted by Gasteiger charge is -2.23. The van der Waals surface area contributed by atoms with Crippen molar-refractivity contribution in [3.8, 4) is 17.1 Å². The van der Waals surface area contributed by atoms with Gasteiger partial charge in [0.1, 0.15) is 18.0 Å². The second-order valence-corrected chi connectivity index (χ2v) is 10.2. The van der Waals surface area contributed by atoms with E-state index in [2.05, 4.69) is 10.3 Å². The summed E-state index contributed by atoms with van der Waals surface area (Å²) in [6, 6.07) is 9.43. The molecule has 1 heterocycles. The number of carbonyl (C=O) groups is 1. The predicted molar refractivity (Wildman–Crippen MR) is 135 cm³/mol. The largest absolute Gasteiger partial charge is 0.494 e. The number of fused-ring (bicyclic) bond motifs is 1. The van der Waals surface area contributed by atoms with Crippen molar-refractivity contribution in [3.63, 3.8) is 0 Å². The molecule has 1 aromatic heterocycles. The van der Waals surface area contributed by atoms with E-state index in [1.807, 2.05) is 19.9 Å². The zero-order valence-corrected chi connectivity index (χ0v) is 21.1. The lowest BCUT2D eigenvalue weighted by atomic mass is 9.94. The van der Waals surface area contributed by atoms with Gasteiger partial charge in [0, 0.05) is 17.8 Å². The zero-order chi connectivity index (χ0) is 26.0. The van der Waals surface area contributed by atoms with Crippen molar-refractivity contribution in [2.75, 3.05) is 25.5 Å².